The molecule has 3 amide bonds. The van der Waals surface area contributed by atoms with E-state index in [0.717, 1.165) is 15.4 Å². The number of esters is 1. The minimum absolute atomic E-state index is 0.00903. The Kier molecular flexibility index (Phi) is 14.4. The highest BCUT2D eigenvalue weighted by Gasteiger charge is 2.38. The summed E-state index contributed by atoms with van der Waals surface area (Å²) < 4.78 is 31.9. The van der Waals surface area contributed by atoms with Crippen molar-refractivity contribution in [1.82, 2.24) is 9.80 Å². The summed E-state index contributed by atoms with van der Waals surface area (Å²) in [7, 11) is 3.01. The van der Waals surface area contributed by atoms with E-state index in [1.807, 2.05) is 6.07 Å². The van der Waals surface area contributed by atoms with Gasteiger partial charge in [0.1, 0.15) is 30.7 Å². The van der Waals surface area contributed by atoms with Gasteiger partial charge >= 0.3 is 18.2 Å². The number of imide groups is 1. The second kappa shape index (κ2) is 17.7. The topological polar surface area (TPSA) is 130 Å². The fourth-order valence-electron chi connectivity index (χ4n) is 3.70. The smallest absolute Gasteiger partial charge is 0.417 e. The van der Waals surface area contributed by atoms with Crippen molar-refractivity contribution in [2.45, 2.75) is 58.9 Å². The normalized spacial score (nSPS) is 11.7. The number of carbonyl (C=O) groups is 4. The molecule has 0 bridgehead atoms. The van der Waals surface area contributed by atoms with Crippen molar-refractivity contribution in [3.63, 3.8) is 0 Å². The van der Waals surface area contributed by atoms with Crippen LogP contribution in [0.1, 0.15) is 45.2 Å². The van der Waals surface area contributed by atoms with Gasteiger partial charge in [-0.25, -0.2) is 19.3 Å². The van der Waals surface area contributed by atoms with Gasteiger partial charge in [0.2, 0.25) is 5.91 Å². The molecule has 0 saturated heterocycles. The van der Waals surface area contributed by atoms with Gasteiger partial charge in [0.05, 0.1) is 39.9 Å². The zero-order valence-corrected chi connectivity index (χ0v) is 25.7. The molecule has 1 atom stereocenters. The Hall–Kier alpha value is -4.16. The Labute approximate surface area is 252 Å². The summed E-state index contributed by atoms with van der Waals surface area (Å²) in [6, 6.07) is 14.3. The lowest BCUT2D eigenvalue weighted by Crippen LogP contribution is -2.51. The molecule has 0 saturated carbocycles. The Balaban J connectivity index is 2.39. The summed E-state index contributed by atoms with van der Waals surface area (Å²) in [5, 5.41) is 0. The van der Waals surface area contributed by atoms with Gasteiger partial charge in [-0.05, 0) is 51.0 Å². The van der Waals surface area contributed by atoms with Gasteiger partial charge in [0.25, 0.3) is 0 Å². The summed E-state index contributed by atoms with van der Waals surface area (Å²) in [6.07, 6.45) is -2.43. The molecule has 0 heterocycles. The Morgan fingerprint density at radius 3 is 2.09 bits per heavy atom. The maximum absolute atomic E-state index is 13.8. The van der Waals surface area contributed by atoms with Gasteiger partial charge in [-0.3, -0.25) is 9.69 Å². The molecule has 0 radical (unpaired) electrons. The van der Waals surface area contributed by atoms with Crippen molar-refractivity contribution in [2.24, 2.45) is 0 Å². The third kappa shape index (κ3) is 12.3. The lowest BCUT2D eigenvalue weighted by atomic mass is 10.1. The predicted octanol–water partition coefficient (Wildman–Crippen LogP) is 4.54. The number of amides is 3. The van der Waals surface area contributed by atoms with Crippen LogP contribution in [0.4, 0.5) is 9.59 Å². The number of hydrogen-bond acceptors (Lipinski definition) is 10. The zero-order valence-electron chi connectivity index (χ0n) is 25.7. The molecule has 0 aliphatic rings. The molecular weight excluding hydrogens is 560 g/mol. The van der Waals surface area contributed by atoms with Gasteiger partial charge in [-0.2, -0.15) is 0 Å². The van der Waals surface area contributed by atoms with Crippen LogP contribution in [0.2, 0.25) is 0 Å². The number of ether oxygens (including phenoxy) is 6. The summed E-state index contributed by atoms with van der Waals surface area (Å²) in [5.74, 6) is -1.05. The van der Waals surface area contributed by atoms with E-state index in [4.69, 9.17) is 28.4 Å². The highest BCUT2D eigenvalue weighted by molar-refractivity contribution is 5.95. The Morgan fingerprint density at radius 1 is 0.837 bits per heavy atom. The first-order valence-electron chi connectivity index (χ1n) is 13.9. The van der Waals surface area contributed by atoms with Gasteiger partial charge in [0, 0.05) is 7.11 Å². The monoisotopic (exact) mass is 602 g/mol. The third-order valence-corrected chi connectivity index (χ3v) is 5.82. The van der Waals surface area contributed by atoms with E-state index in [9.17, 15) is 19.2 Å². The van der Waals surface area contributed by atoms with Crippen molar-refractivity contribution in [3.05, 3.63) is 65.7 Å². The molecule has 0 fully saturated rings. The third-order valence-electron chi connectivity index (χ3n) is 5.82. The Bertz CT molecular complexity index is 1170. The van der Waals surface area contributed by atoms with Crippen LogP contribution in [0.3, 0.4) is 0 Å². The summed E-state index contributed by atoms with van der Waals surface area (Å²) >= 11 is 0. The molecule has 0 aliphatic heterocycles. The van der Waals surface area contributed by atoms with Crippen LogP contribution in [0.15, 0.2) is 54.6 Å². The van der Waals surface area contributed by atoms with E-state index < -0.39 is 48.9 Å². The molecule has 43 heavy (non-hydrogen) atoms. The molecule has 0 spiro atoms. The maximum Gasteiger partial charge on any atom is 0.417 e. The molecular formula is C31H42N2O10. The minimum atomic E-state index is -1.47. The average Bonchev–Trinajstić information content (AvgIpc) is 2.97. The molecule has 0 aliphatic carbocycles. The highest BCUT2D eigenvalue weighted by Crippen LogP contribution is 2.19. The number of nitrogens with zero attached hydrogens (tertiary/aromatic N) is 2. The standard InChI is InChI=1S/C31H42N2O10/c1-7-41-28(35)26(33(22-40-18-17-38-5)30(37)43-31(2,3)4)19-27(34)32(20-23-13-15-25(39-6)16-14-23)29(36)42-21-24-11-9-8-10-12-24/h8-16,26H,7,17-22H2,1-6H3/t26-/m0/s1. The van der Waals surface area contributed by atoms with Crippen LogP contribution in [0, 0.1) is 0 Å². The first-order chi connectivity index (χ1) is 20.5. The molecule has 2 aromatic rings. The molecule has 2 aromatic carbocycles. The lowest BCUT2D eigenvalue weighted by Gasteiger charge is -2.32. The first-order valence-corrected chi connectivity index (χ1v) is 13.9. The fourth-order valence-corrected chi connectivity index (χ4v) is 3.70. The van der Waals surface area contributed by atoms with E-state index in [1.54, 1.807) is 76.2 Å². The zero-order chi connectivity index (χ0) is 31.8. The maximum atomic E-state index is 13.8. The van der Waals surface area contributed by atoms with Crippen LogP contribution in [-0.2, 0) is 46.4 Å². The summed E-state index contributed by atoms with van der Waals surface area (Å²) in [5.41, 5.74) is 0.416. The largest absolute Gasteiger partial charge is 0.497 e. The summed E-state index contributed by atoms with van der Waals surface area (Å²) in [6.45, 7) is 6.28. The predicted molar refractivity (Wildman–Crippen MR) is 156 cm³/mol. The number of methoxy groups -OCH3 is 2. The van der Waals surface area contributed by atoms with Crippen LogP contribution < -0.4 is 4.74 Å². The lowest BCUT2D eigenvalue weighted by molar-refractivity contribution is -0.155. The van der Waals surface area contributed by atoms with Crippen LogP contribution >= 0.6 is 0 Å². The van der Waals surface area contributed by atoms with Crippen LogP contribution in [0.5, 0.6) is 5.75 Å². The van der Waals surface area contributed by atoms with E-state index in [2.05, 4.69) is 0 Å². The average molecular weight is 603 g/mol. The SMILES string of the molecule is CCOC(=O)[C@H](CC(=O)N(Cc1ccc(OC)cc1)C(=O)OCc1ccccc1)N(COCCOC)C(=O)OC(C)(C)C. The molecule has 2 rings (SSSR count). The van der Waals surface area contributed by atoms with Crippen molar-refractivity contribution >= 4 is 24.1 Å². The molecule has 0 aromatic heterocycles. The van der Waals surface area contributed by atoms with E-state index in [-0.39, 0.29) is 33.0 Å². The van der Waals surface area contributed by atoms with Gasteiger partial charge in [-0.1, -0.05) is 42.5 Å². The van der Waals surface area contributed by atoms with Crippen molar-refractivity contribution in [3.8, 4) is 5.75 Å². The van der Waals surface area contributed by atoms with Crippen LogP contribution in [-0.4, -0.2) is 86.3 Å². The van der Waals surface area contributed by atoms with Crippen molar-refractivity contribution in [2.75, 3.05) is 40.8 Å². The van der Waals surface area contributed by atoms with Gasteiger partial charge < -0.3 is 28.4 Å². The molecule has 12 heteroatoms. The highest BCUT2D eigenvalue weighted by atomic mass is 16.6. The minimum Gasteiger partial charge on any atom is -0.497 e. The van der Waals surface area contributed by atoms with E-state index in [1.165, 1.54) is 14.2 Å². The molecule has 236 valence electrons. The first kappa shape index (κ1) is 35.0. The number of benzene rings is 2. The number of rotatable bonds is 15. The van der Waals surface area contributed by atoms with Gasteiger partial charge in [0.15, 0.2) is 0 Å². The molecule has 12 nitrogen and oxygen atoms in total. The van der Waals surface area contributed by atoms with E-state index in [0.29, 0.717) is 11.3 Å². The number of carbonyl (C=O) groups excluding carboxylic acids is 4. The second-order valence-corrected chi connectivity index (χ2v) is 10.3. The quantitative estimate of drug-likeness (QED) is 0.124. The van der Waals surface area contributed by atoms with Gasteiger partial charge in [-0.15, -0.1) is 0 Å². The van der Waals surface area contributed by atoms with Crippen LogP contribution in [0.25, 0.3) is 0 Å². The molecule has 0 N–H and O–H groups in total. The fraction of sp³-hybridized carbons (Fsp3) is 0.484. The van der Waals surface area contributed by atoms with E-state index >= 15 is 0 Å². The molecule has 0 unspecified atom stereocenters. The second-order valence-electron chi connectivity index (χ2n) is 10.3. The van der Waals surface area contributed by atoms with Crippen molar-refractivity contribution in [1.29, 1.82) is 0 Å². The summed E-state index contributed by atoms with van der Waals surface area (Å²) in [4.78, 5) is 55.3. The van der Waals surface area contributed by atoms with Crippen molar-refractivity contribution < 1.29 is 47.6 Å². The Morgan fingerprint density at radius 2 is 1.51 bits per heavy atom. The number of hydrogen-bond donors (Lipinski definition) is 0.